The minimum Gasteiger partial charge on any atom is -0.392 e. The van der Waals surface area contributed by atoms with Crippen molar-refractivity contribution in [2.45, 2.75) is 128 Å². The molecule has 0 bridgehead atoms. The van der Waals surface area contributed by atoms with Gasteiger partial charge in [0.05, 0.1) is 6.10 Å². The zero-order valence-electron chi connectivity index (χ0n) is 16.6. The van der Waals surface area contributed by atoms with E-state index in [9.17, 15) is 18.1 Å². The van der Waals surface area contributed by atoms with Gasteiger partial charge in [0.25, 0.3) is 10.1 Å². The second-order valence-corrected chi connectivity index (χ2v) is 9.08. The van der Waals surface area contributed by atoms with E-state index in [1.165, 1.54) is 44.9 Å². The largest absolute Gasteiger partial charge is 0.392 e. The lowest BCUT2D eigenvalue weighted by atomic mass is 10.0. The third kappa shape index (κ3) is 14.7. The smallest absolute Gasteiger partial charge is 0.270 e. The first-order valence-corrected chi connectivity index (χ1v) is 12.1. The van der Waals surface area contributed by atoms with Gasteiger partial charge in [-0.15, -0.1) is 0 Å². The Morgan fingerprint density at radius 1 is 0.640 bits per heavy atom. The van der Waals surface area contributed by atoms with Crippen LogP contribution in [0.2, 0.25) is 0 Å². The van der Waals surface area contributed by atoms with E-state index in [4.69, 9.17) is 0 Å². The predicted octanol–water partition coefficient (Wildman–Crippen LogP) is 5.89. The van der Waals surface area contributed by atoms with E-state index < -0.39 is 21.5 Å². The van der Waals surface area contributed by atoms with Gasteiger partial charge in [0.2, 0.25) is 0 Å². The van der Waals surface area contributed by atoms with Gasteiger partial charge in [-0.05, 0) is 12.8 Å². The molecule has 0 heterocycles. The van der Waals surface area contributed by atoms with Crippen molar-refractivity contribution in [1.29, 1.82) is 0 Å². The summed E-state index contributed by atoms with van der Waals surface area (Å²) in [4.78, 5) is 0. The molecule has 0 saturated heterocycles. The monoisotopic (exact) mass is 378 g/mol. The molecule has 2 N–H and O–H groups in total. The van der Waals surface area contributed by atoms with Crippen LogP contribution in [0.25, 0.3) is 0 Å². The topological polar surface area (TPSA) is 74.6 Å². The molecule has 2 atom stereocenters. The molecule has 0 saturated carbocycles. The van der Waals surface area contributed by atoms with Crippen LogP contribution in [0.15, 0.2) is 0 Å². The van der Waals surface area contributed by atoms with Gasteiger partial charge in [0.1, 0.15) is 5.25 Å². The standard InChI is InChI=1S/C20H42O4S/c1-3-5-7-9-10-11-12-14-16-18-20(25(22,23)24)19(21)17-15-13-8-6-4-2/h19-21H,3-18H2,1-2H3,(H,22,23,24). The van der Waals surface area contributed by atoms with Crippen molar-refractivity contribution in [2.24, 2.45) is 0 Å². The highest BCUT2D eigenvalue weighted by Gasteiger charge is 2.29. The lowest BCUT2D eigenvalue weighted by Crippen LogP contribution is -2.33. The summed E-state index contributed by atoms with van der Waals surface area (Å²) < 4.78 is 32.6. The Balaban J connectivity index is 3.92. The Hall–Kier alpha value is -0.130. The summed E-state index contributed by atoms with van der Waals surface area (Å²) >= 11 is 0. The second-order valence-electron chi connectivity index (χ2n) is 7.44. The molecular weight excluding hydrogens is 336 g/mol. The molecule has 2 unspecified atom stereocenters. The van der Waals surface area contributed by atoms with Crippen molar-refractivity contribution in [1.82, 2.24) is 0 Å². The number of unbranched alkanes of at least 4 members (excludes halogenated alkanes) is 12. The summed E-state index contributed by atoms with van der Waals surface area (Å²) in [5.74, 6) is 0. The van der Waals surface area contributed by atoms with Gasteiger partial charge in [-0.2, -0.15) is 8.42 Å². The van der Waals surface area contributed by atoms with Gasteiger partial charge >= 0.3 is 0 Å². The number of aliphatic hydroxyl groups excluding tert-OH is 1. The number of hydrogen-bond donors (Lipinski definition) is 2. The highest BCUT2D eigenvalue weighted by molar-refractivity contribution is 7.86. The number of rotatable bonds is 18. The molecule has 25 heavy (non-hydrogen) atoms. The maximum atomic E-state index is 11.6. The van der Waals surface area contributed by atoms with Crippen molar-refractivity contribution < 1.29 is 18.1 Å². The van der Waals surface area contributed by atoms with Crippen LogP contribution >= 0.6 is 0 Å². The van der Waals surface area contributed by atoms with Gasteiger partial charge in [-0.1, -0.05) is 104 Å². The molecule has 0 radical (unpaired) electrons. The fraction of sp³-hybridized carbons (Fsp3) is 1.00. The molecule has 5 heteroatoms. The van der Waals surface area contributed by atoms with E-state index in [2.05, 4.69) is 13.8 Å². The fourth-order valence-corrected chi connectivity index (χ4v) is 4.34. The van der Waals surface area contributed by atoms with E-state index in [1.807, 2.05) is 0 Å². The normalized spacial score (nSPS) is 14.6. The van der Waals surface area contributed by atoms with E-state index in [-0.39, 0.29) is 0 Å². The molecule has 0 amide bonds. The van der Waals surface area contributed by atoms with Crippen LogP contribution in [0.4, 0.5) is 0 Å². The zero-order chi connectivity index (χ0) is 19.0. The van der Waals surface area contributed by atoms with Gasteiger partial charge in [-0.25, -0.2) is 0 Å². The Morgan fingerprint density at radius 3 is 1.40 bits per heavy atom. The summed E-state index contributed by atoms with van der Waals surface area (Å²) in [7, 11) is -4.17. The summed E-state index contributed by atoms with van der Waals surface area (Å²) in [6, 6.07) is 0. The molecular formula is C20H42O4S. The average molecular weight is 379 g/mol. The predicted molar refractivity (Wildman–Crippen MR) is 107 cm³/mol. The van der Waals surface area contributed by atoms with Crippen LogP contribution in [0.3, 0.4) is 0 Å². The molecule has 4 nitrogen and oxygen atoms in total. The van der Waals surface area contributed by atoms with E-state index >= 15 is 0 Å². The Bertz CT molecular complexity index is 381. The van der Waals surface area contributed by atoms with Crippen molar-refractivity contribution in [3.05, 3.63) is 0 Å². The van der Waals surface area contributed by atoms with Gasteiger partial charge in [0, 0.05) is 0 Å². The molecule has 152 valence electrons. The van der Waals surface area contributed by atoms with E-state index in [0.29, 0.717) is 12.8 Å². The highest BCUT2D eigenvalue weighted by atomic mass is 32.2. The molecule has 0 rings (SSSR count). The number of hydrogen-bond acceptors (Lipinski definition) is 3. The van der Waals surface area contributed by atoms with E-state index in [0.717, 1.165) is 44.9 Å². The lowest BCUT2D eigenvalue weighted by molar-refractivity contribution is 0.146. The van der Waals surface area contributed by atoms with Crippen molar-refractivity contribution in [2.75, 3.05) is 0 Å². The lowest BCUT2D eigenvalue weighted by Gasteiger charge is -2.20. The summed E-state index contributed by atoms with van der Waals surface area (Å²) in [6.07, 6.45) is 15.7. The van der Waals surface area contributed by atoms with Crippen molar-refractivity contribution in [3.63, 3.8) is 0 Å². The maximum absolute atomic E-state index is 11.6. The van der Waals surface area contributed by atoms with Crippen LogP contribution in [-0.2, 0) is 10.1 Å². The summed E-state index contributed by atoms with van der Waals surface area (Å²) in [5, 5.41) is 9.17. The zero-order valence-corrected chi connectivity index (χ0v) is 17.4. The minimum atomic E-state index is -4.17. The summed E-state index contributed by atoms with van der Waals surface area (Å²) in [5.41, 5.74) is 0. The highest BCUT2D eigenvalue weighted by Crippen LogP contribution is 2.20. The molecule has 0 fully saturated rings. The molecule has 0 spiro atoms. The quantitative estimate of drug-likeness (QED) is 0.230. The Kier molecular flexibility index (Phi) is 16.0. The molecule has 0 aliphatic rings. The van der Waals surface area contributed by atoms with E-state index in [1.54, 1.807) is 0 Å². The third-order valence-corrected chi connectivity index (χ3v) is 6.32. The SMILES string of the molecule is CCCCCCCCCCCC(C(O)CCCCCCC)S(=O)(=O)O. The molecule has 0 aromatic carbocycles. The van der Waals surface area contributed by atoms with Gasteiger partial charge in [-0.3, -0.25) is 4.55 Å². The summed E-state index contributed by atoms with van der Waals surface area (Å²) in [6.45, 7) is 4.36. The maximum Gasteiger partial charge on any atom is 0.270 e. The van der Waals surface area contributed by atoms with Crippen molar-refractivity contribution >= 4 is 10.1 Å². The molecule has 0 aliphatic carbocycles. The van der Waals surface area contributed by atoms with Crippen LogP contribution in [0, 0.1) is 0 Å². The van der Waals surface area contributed by atoms with Crippen LogP contribution < -0.4 is 0 Å². The molecule has 0 aliphatic heterocycles. The molecule has 0 aromatic heterocycles. The van der Waals surface area contributed by atoms with Crippen molar-refractivity contribution in [3.8, 4) is 0 Å². The third-order valence-electron chi connectivity index (χ3n) is 5.01. The Morgan fingerprint density at radius 2 is 1.00 bits per heavy atom. The number of aliphatic hydroxyl groups is 1. The first-order chi connectivity index (χ1) is 11.9. The van der Waals surface area contributed by atoms with Gasteiger partial charge in [0.15, 0.2) is 0 Å². The first kappa shape index (κ1) is 24.9. The van der Waals surface area contributed by atoms with Gasteiger partial charge < -0.3 is 5.11 Å². The Labute approximate surface area is 156 Å². The fourth-order valence-electron chi connectivity index (χ4n) is 3.34. The first-order valence-electron chi connectivity index (χ1n) is 10.6. The van der Waals surface area contributed by atoms with Crippen LogP contribution in [-0.4, -0.2) is 29.4 Å². The second kappa shape index (κ2) is 16.1. The average Bonchev–Trinajstić information content (AvgIpc) is 2.55. The van der Waals surface area contributed by atoms with Crippen LogP contribution in [0.5, 0.6) is 0 Å². The van der Waals surface area contributed by atoms with Crippen LogP contribution in [0.1, 0.15) is 117 Å². The minimum absolute atomic E-state index is 0.366. The molecule has 0 aromatic rings.